The van der Waals surface area contributed by atoms with Crippen LogP contribution in [0.4, 0.5) is 0 Å². The summed E-state index contributed by atoms with van der Waals surface area (Å²) >= 11 is 1.45. The first-order valence-corrected chi connectivity index (χ1v) is 5.01. The van der Waals surface area contributed by atoms with Gasteiger partial charge in [0.2, 0.25) is 0 Å². The summed E-state index contributed by atoms with van der Waals surface area (Å²) in [5.41, 5.74) is 2.40. The molecule has 0 N–H and O–H groups in total. The molecule has 0 fully saturated rings. The second kappa shape index (κ2) is 3.67. The van der Waals surface area contributed by atoms with Gasteiger partial charge in [-0.15, -0.1) is 11.3 Å². The standard InChI is InChI=1S/C10H8N2OS/c1-7-2-3-8(4-11-7)10-12-9(5-13)6-14-10/h2-6H,1H3. The van der Waals surface area contributed by atoms with Crippen LogP contribution in [-0.4, -0.2) is 16.3 Å². The zero-order valence-electron chi connectivity index (χ0n) is 7.60. The Kier molecular flexibility index (Phi) is 2.37. The lowest BCUT2D eigenvalue weighted by atomic mass is 10.3. The van der Waals surface area contributed by atoms with Gasteiger partial charge in [-0.3, -0.25) is 9.78 Å². The molecular weight excluding hydrogens is 196 g/mol. The molecule has 0 bridgehead atoms. The number of aldehydes is 1. The third kappa shape index (κ3) is 1.70. The summed E-state index contributed by atoms with van der Waals surface area (Å²) < 4.78 is 0. The van der Waals surface area contributed by atoms with E-state index in [0.29, 0.717) is 5.69 Å². The maximum absolute atomic E-state index is 10.4. The predicted octanol–water partition coefficient (Wildman–Crippen LogP) is 2.33. The van der Waals surface area contributed by atoms with Crippen LogP contribution in [-0.2, 0) is 0 Å². The number of aromatic nitrogens is 2. The maximum Gasteiger partial charge on any atom is 0.169 e. The zero-order chi connectivity index (χ0) is 9.97. The van der Waals surface area contributed by atoms with E-state index in [2.05, 4.69) is 9.97 Å². The molecule has 2 aromatic rings. The van der Waals surface area contributed by atoms with Crippen molar-refractivity contribution < 1.29 is 4.79 Å². The molecule has 0 saturated heterocycles. The van der Waals surface area contributed by atoms with E-state index < -0.39 is 0 Å². The minimum Gasteiger partial charge on any atom is -0.296 e. The van der Waals surface area contributed by atoms with Crippen LogP contribution in [0.5, 0.6) is 0 Å². The van der Waals surface area contributed by atoms with Gasteiger partial charge in [-0.25, -0.2) is 4.98 Å². The Bertz CT molecular complexity index is 447. The molecule has 0 spiro atoms. The summed E-state index contributed by atoms with van der Waals surface area (Å²) in [6, 6.07) is 3.88. The predicted molar refractivity (Wildman–Crippen MR) is 55.5 cm³/mol. The summed E-state index contributed by atoms with van der Waals surface area (Å²) in [7, 11) is 0. The minimum absolute atomic E-state index is 0.477. The highest BCUT2D eigenvalue weighted by Crippen LogP contribution is 2.22. The van der Waals surface area contributed by atoms with Gasteiger partial charge in [0.05, 0.1) is 0 Å². The third-order valence-electron chi connectivity index (χ3n) is 1.80. The number of hydrogen-bond acceptors (Lipinski definition) is 4. The fraction of sp³-hybridized carbons (Fsp3) is 0.100. The van der Waals surface area contributed by atoms with Gasteiger partial charge in [0.15, 0.2) is 6.29 Å². The molecule has 0 aromatic carbocycles. The molecule has 14 heavy (non-hydrogen) atoms. The van der Waals surface area contributed by atoms with Crippen LogP contribution in [0.25, 0.3) is 10.6 Å². The molecule has 4 heteroatoms. The van der Waals surface area contributed by atoms with Crippen molar-refractivity contribution in [3.05, 3.63) is 35.1 Å². The maximum atomic E-state index is 10.4. The second-order valence-corrected chi connectivity index (χ2v) is 3.74. The lowest BCUT2D eigenvalue weighted by molar-refractivity contribution is 0.111. The van der Waals surface area contributed by atoms with Crippen LogP contribution < -0.4 is 0 Å². The smallest absolute Gasteiger partial charge is 0.169 e. The second-order valence-electron chi connectivity index (χ2n) is 2.88. The Hall–Kier alpha value is -1.55. The summed E-state index contributed by atoms with van der Waals surface area (Å²) in [4.78, 5) is 18.7. The Morgan fingerprint density at radius 2 is 2.29 bits per heavy atom. The summed E-state index contributed by atoms with van der Waals surface area (Å²) in [6.07, 6.45) is 2.52. The van der Waals surface area contributed by atoms with Crippen molar-refractivity contribution >= 4 is 17.6 Å². The van der Waals surface area contributed by atoms with Crippen LogP contribution in [0, 0.1) is 6.92 Å². The highest BCUT2D eigenvalue weighted by molar-refractivity contribution is 7.13. The van der Waals surface area contributed by atoms with E-state index in [-0.39, 0.29) is 0 Å². The molecule has 0 atom stereocenters. The van der Waals surface area contributed by atoms with Gasteiger partial charge in [-0.05, 0) is 19.1 Å². The van der Waals surface area contributed by atoms with E-state index in [1.165, 1.54) is 11.3 Å². The highest BCUT2D eigenvalue weighted by atomic mass is 32.1. The molecule has 0 amide bonds. The van der Waals surface area contributed by atoms with E-state index >= 15 is 0 Å². The quantitative estimate of drug-likeness (QED) is 0.705. The normalized spacial score (nSPS) is 10.1. The van der Waals surface area contributed by atoms with Crippen molar-refractivity contribution in [3.8, 4) is 10.6 Å². The topological polar surface area (TPSA) is 42.9 Å². The fourth-order valence-electron chi connectivity index (χ4n) is 1.07. The Labute approximate surface area is 85.5 Å². The number of rotatable bonds is 2. The summed E-state index contributed by atoms with van der Waals surface area (Å²) in [5.74, 6) is 0. The molecule has 0 aliphatic carbocycles. The Morgan fingerprint density at radius 3 is 2.86 bits per heavy atom. The van der Waals surface area contributed by atoms with Crippen molar-refractivity contribution in [1.29, 1.82) is 0 Å². The molecule has 2 aromatic heterocycles. The van der Waals surface area contributed by atoms with Crippen molar-refractivity contribution in [2.75, 3.05) is 0 Å². The third-order valence-corrected chi connectivity index (χ3v) is 2.71. The number of pyridine rings is 1. The van der Waals surface area contributed by atoms with Crippen LogP contribution >= 0.6 is 11.3 Å². The molecule has 2 rings (SSSR count). The van der Waals surface area contributed by atoms with Crippen molar-refractivity contribution in [1.82, 2.24) is 9.97 Å². The number of thiazole rings is 1. The number of nitrogens with zero attached hydrogens (tertiary/aromatic N) is 2. The van der Waals surface area contributed by atoms with E-state index in [9.17, 15) is 4.79 Å². The van der Waals surface area contributed by atoms with Crippen molar-refractivity contribution in [2.45, 2.75) is 6.92 Å². The SMILES string of the molecule is Cc1ccc(-c2nc(C=O)cs2)cn1. The summed E-state index contributed by atoms with van der Waals surface area (Å²) in [5, 5.41) is 2.57. The van der Waals surface area contributed by atoms with Gasteiger partial charge < -0.3 is 0 Å². The van der Waals surface area contributed by atoms with Crippen LogP contribution in [0.2, 0.25) is 0 Å². The molecule has 70 valence electrons. The molecule has 2 heterocycles. The monoisotopic (exact) mass is 204 g/mol. The van der Waals surface area contributed by atoms with E-state index in [0.717, 1.165) is 22.6 Å². The van der Waals surface area contributed by atoms with Gasteiger partial charge in [0.25, 0.3) is 0 Å². The van der Waals surface area contributed by atoms with Gasteiger partial charge in [-0.1, -0.05) is 0 Å². The van der Waals surface area contributed by atoms with Crippen LogP contribution in [0.1, 0.15) is 16.2 Å². The van der Waals surface area contributed by atoms with Gasteiger partial charge in [0.1, 0.15) is 10.7 Å². The van der Waals surface area contributed by atoms with Crippen LogP contribution in [0.15, 0.2) is 23.7 Å². The number of carbonyl (C=O) groups is 1. The Balaban J connectivity index is 2.39. The molecule has 0 aliphatic heterocycles. The molecule has 0 radical (unpaired) electrons. The fourth-order valence-corrected chi connectivity index (χ4v) is 1.82. The summed E-state index contributed by atoms with van der Waals surface area (Å²) in [6.45, 7) is 1.93. The Morgan fingerprint density at radius 1 is 1.43 bits per heavy atom. The minimum atomic E-state index is 0.477. The van der Waals surface area contributed by atoms with Gasteiger partial charge in [0, 0.05) is 22.8 Å². The molecular formula is C10H8N2OS. The average molecular weight is 204 g/mol. The molecule has 0 aliphatic rings. The van der Waals surface area contributed by atoms with Crippen molar-refractivity contribution in [3.63, 3.8) is 0 Å². The van der Waals surface area contributed by atoms with Gasteiger partial charge in [-0.2, -0.15) is 0 Å². The first kappa shape index (κ1) is 9.02. The highest BCUT2D eigenvalue weighted by Gasteiger charge is 2.03. The van der Waals surface area contributed by atoms with E-state index in [1.54, 1.807) is 11.6 Å². The first-order chi connectivity index (χ1) is 6.79. The number of carbonyl (C=O) groups excluding carboxylic acids is 1. The first-order valence-electron chi connectivity index (χ1n) is 4.13. The lowest BCUT2D eigenvalue weighted by Gasteiger charge is -1.95. The van der Waals surface area contributed by atoms with Crippen LogP contribution in [0.3, 0.4) is 0 Å². The average Bonchev–Trinajstić information content (AvgIpc) is 2.67. The van der Waals surface area contributed by atoms with Crippen molar-refractivity contribution in [2.24, 2.45) is 0 Å². The van der Waals surface area contributed by atoms with E-state index in [4.69, 9.17) is 0 Å². The molecule has 0 saturated carbocycles. The zero-order valence-corrected chi connectivity index (χ0v) is 8.41. The number of aryl methyl sites for hydroxylation is 1. The van der Waals surface area contributed by atoms with Gasteiger partial charge >= 0.3 is 0 Å². The number of hydrogen-bond donors (Lipinski definition) is 0. The van der Waals surface area contributed by atoms with E-state index in [1.807, 2.05) is 19.1 Å². The lowest BCUT2D eigenvalue weighted by Crippen LogP contribution is -1.83. The largest absolute Gasteiger partial charge is 0.296 e. The molecule has 3 nitrogen and oxygen atoms in total. The molecule has 0 unspecified atom stereocenters.